The van der Waals surface area contributed by atoms with Crippen molar-refractivity contribution < 1.29 is 48.6 Å². The first-order valence-corrected chi connectivity index (χ1v) is 20.3. The van der Waals surface area contributed by atoms with Crippen LogP contribution in [0.5, 0.6) is 5.75 Å². The van der Waals surface area contributed by atoms with Crippen molar-refractivity contribution in [3.8, 4) is 5.75 Å². The fourth-order valence-corrected chi connectivity index (χ4v) is 8.19. The van der Waals surface area contributed by atoms with Gasteiger partial charge < -0.3 is 10.0 Å². The van der Waals surface area contributed by atoms with Crippen LogP contribution in [0.2, 0.25) is 0 Å². The van der Waals surface area contributed by atoms with E-state index in [9.17, 15) is 44.0 Å². The minimum atomic E-state index is -4.81. The van der Waals surface area contributed by atoms with Gasteiger partial charge in [-0.25, -0.2) is 4.58 Å². The summed E-state index contributed by atoms with van der Waals surface area (Å²) in [5, 5.41) is 10.2. The Bertz CT molecular complexity index is 2450. The van der Waals surface area contributed by atoms with Crippen LogP contribution in [0.25, 0.3) is 5.57 Å². The molecule has 0 aliphatic heterocycles. The second-order valence-electron chi connectivity index (χ2n) is 11.8. The van der Waals surface area contributed by atoms with Gasteiger partial charge in [0.1, 0.15) is 22.1 Å². The van der Waals surface area contributed by atoms with E-state index in [1.807, 2.05) is 23.3 Å². The summed E-state index contributed by atoms with van der Waals surface area (Å²) in [5.41, 5.74) is 3.83. The summed E-state index contributed by atoms with van der Waals surface area (Å²) >= 11 is 0. The lowest BCUT2D eigenvalue weighted by Crippen LogP contribution is -2.23. The molecule has 15 heteroatoms. The molecule has 0 aromatic heterocycles. The third-order valence-electron chi connectivity index (χ3n) is 8.54. The van der Waals surface area contributed by atoms with Crippen molar-refractivity contribution in [1.29, 1.82) is 0 Å². The summed E-state index contributed by atoms with van der Waals surface area (Å²) in [7, 11) is -13.7. The lowest BCUT2D eigenvalue weighted by molar-refractivity contribution is -0.539. The highest BCUT2D eigenvalue weighted by atomic mass is 32.2. The highest BCUT2D eigenvalue weighted by Gasteiger charge is 2.24. The standard InChI is InChI=1S/C37H36N2O10S3/c1-3-38(24-28-9-5-7-11-34(28)50(41,42)43)30-17-13-26(14-18-30)37(33-22-21-32(40)23-36(33)52(47,48)49)27-15-19-31(20-16-27)39(4-2)25-29-10-6-8-12-35(29)51(44,45)46/h5-23H,3-4,24-25H2,1-2H3,(H3,41,42,43,44,45,46,47,48,49)/p+1. The Morgan fingerprint density at radius 3 is 1.73 bits per heavy atom. The van der Waals surface area contributed by atoms with E-state index in [-0.39, 0.29) is 34.2 Å². The fourth-order valence-electron chi connectivity index (χ4n) is 6.04. The first kappa shape index (κ1) is 38.3. The minimum Gasteiger partial charge on any atom is -0.508 e. The number of phenols is 1. The van der Waals surface area contributed by atoms with E-state index >= 15 is 0 Å². The van der Waals surface area contributed by atoms with Crippen LogP contribution in [-0.2, 0) is 43.4 Å². The molecule has 0 fully saturated rings. The van der Waals surface area contributed by atoms with Gasteiger partial charge >= 0.3 is 0 Å². The van der Waals surface area contributed by atoms with Crippen molar-refractivity contribution in [1.82, 2.24) is 0 Å². The van der Waals surface area contributed by atoms with E-state index in [4.69, 9.17) is 0 Å². The number of hydrogen-bond donors (Lipinski definition) is 4. The minimum absolute atomic E-state index is 0.115. The van der Waals surface area contributed by atoms with E-state index in [2.05, 4.69) is 0 Å². The van der Waals surface area contributed by atoms with Gasteiger partial charge in [-0.2, -0.15) is 25.3 Å². The van der Waals surface area contributed by atoms with Crippen LogP contribution in [0, 0.1) is 0 Å². The maximum absolute atomic E-state index is 12.6. The highest BCUT2D eigenvalue weighted by Crippen LogP contribution is 2.36. The Labute approximate surface area is 303 Å². The van der Waals surface area contributed by atoms with Crippen LogP contribution in [0.4, 0.5) is 5.69 Å². The molecule has 4 N–H and O–H groups in total. The summed E-state index contributed by atoms with van der Waals surface area (Å²) in [4.78, 5) is 0.994. The van der Waals surface area contributed by atoms with Gasteiger partial charge in [0, 0.05) is 48.1 Å². The second kappa shape index (κ2) is 15.4. The van der Waals surface area contributed by atoms with Gasteiger partial charge in [0.25, 0.3) is 30.4 Å². The zero-order chi connectivity index (χ0) is 37.8. The topological polar surface area (TPSA) is 190 Å². The first-order chi connectivity index (χ1) is 24.5. The number of aromatic hydroxyl groups is 1. The molecule has 4 aromatic rings. The zero-order valence-electron chi connectivity index (χ0n) is 28.2. The Balaban J connectivity index is 1.60. The lowest BCUT2D eigenvalue weighted by atomic mass is 9.90. The average Bonchev–Trinajstić information content (AvgIpc) is 3.10. The Hall–Kier alpha value is -4.90. The molecule has 4 aromatic carbocycles. The molecule has 12 nitrogen and oxygen atoms in total. The Kier molecular flexibility index (Phi) is 11.3. The molecule has 0 bridgehead atoms. The molecule has 0 amide bonds. The molecule has 0 unspecified atom stereocenters. The van der Waals surface area contributed by atoms with Crippen molar-refractivity contribution in [3.63, 3.8) is 0 Å². The normalized spacial score (nSPS) is 13.3. The average molecular weight is 766 g/mol. The van der Waals surface area contributed by atoms with Gasteiger partial charge in [0.2, 0.25) is 0 Å². The van der Waals surface area contributed by atoms with Crippen LogP contribution in [0.1, 0.15) is 36.1 Å². The van der Waals surface area contributed by atoms with Crippen LogP contribution in [0.3, 0.4) is 0 Å². The van der Waals surface area contributed by atoms with Crippen LogP contribution in [0.15, 0.2) is 136 Å². The number of allylic oxidation sites excluding steroid dienone is 5. The fraction of sp³-hybridized carbons (Fsp3) is 0.162. The molecule has 0 saturated carbocycles. The Morgan fingerprint density at radius 1 is 0.654 bits per heavy atom. The second-order valence-corrected chi connectivity index (χ2v) is 16.0. The lowest BCUT2D eigenvalue weighted by Gasteiger charge is -2.25. The van der Waals surface area contributed by atoms with Crippen molar-refractivity contribution in [2.24, 2.45) is 0 Å². The molecule has 0 radical (unpaired) electrons. The highest BCUT2D eigenvalue weighted by molar-refractivity contribution is 7.86. The van der Waals surface area contributed by atoms with E-state index in [1.54, 1.807) is 72.8 Å². The number of hydrogen-bond acceptors (Lipinski definition) is 8. The molecule has 0 heterocycles. The summed E-state index contributed by atoms with van der Waals surface area (Å²) in [5.74, 6) is -0.367. The number of nitrogens with zero attached hydrogens (tertiary/aromatic N) is 2. The molecule has 1 aliphatic rings. The van der Waals surface area contributed by atoms with E-state index in [0.29, 0.717) is 52.3 Å². The molecule has 0 atom stereocenters. The quantitative estimate of drug-likeness (QED) is 0.101. The molecular weight excluding hydrogens is 729 g/mol. The predicted octanol–water partition coefficient (Wildman–Crippen LogP) is 5.76. The van der Waals surface area contributed by atoms with Crippen molar-refractivity contribution in [2.45, 2.75) is 41.6 Å². The SMILES string of the molecule is CCN(Cc1ccccc1S(=O)(=O)O)c1ccc(C(=C2C=CC(=[N+](CC)Cc3ccccc3S(=O)(=O)O)C=C2)c2ccc(O)cc2S(=O)(=O)O)cc1. The summed E-state index contributed by atoms with van der Waals surface area (Å²) in [6.45, 7) is 5.06. The van der Waals surface area contributed by atoms with Gasteiger partial charge in [-0.3, -0.25) is 13.7 Å². The third-order valence-corrected chi connectivity index (χ3v) is 11.3. The van der Waals surface area contributed by atoms with Crippen LogP contribution < -0.4 is 4.90 Å². The predicted molar refractivity (Wildman–Crippen MR) is 197 cm³/mol. The largest absolute Gasteiger partial charge is 0.508 e. The molecular formula is C37H37N2O10S3+. The molecule has 0 spiro atoms. The number of anilines is 1. The molecule has 52 heavy (non-hydrogen) atoms. The molecule has 5 rings (SSSR count). The molecule has 272 valence electrons. The van der Waals surface area contributed by atoms with Gasteiger partial charge in [0.15, 0.2) is 12.3 Å². The zero-order valence-corrected chi connectivity index (χ0v) is 30.6. The summed E-state index contributed by atoms with van der Waals surface area (Å²) in [6.07, 6.45) is 7.06. The van der Waals surface area contributed by atoms with Gasteiger partial charge in [-0.15, -0.1) is 0 Å². The first-order valence-electron chi connectivity index (χ1n) is 16.0. The number of benzene rings is 4. The molecule has 1 aliphatic carbocycles. The molecule has 0 saturated heterocycles. The van der Waals surface area contributed by atoms with Gasteiger partial charge in [0.05, 0.1) is 4.90 Å². The summed E-state index contributed by atoms with van der Waals surface area (Å²) < 4.78 is 105. The van der Waals surface area contributed by atoms with Crippen molar-refractivity contribution in [2.75, 3.05) is 18.0 Å². The van der Waals surface area contributed by atoms with E-state index in [0.717, 1.165) is 6.07 Å². The smallest absolute Gasteiger partial charge is 0.295 e. The third kappa shape index (κ3) is 8.75. The van der Waals surface area contributed by atoms with Crippen molar-refractivity contribution in [3.05, 3.63) is 143 Å². The monoisotopic (exact) mass is 765 g/mol. The van der Waals surface area contributed by atoms with E-state index < -0.39 is 35.2 Å². The van der Waals surface area contributed by atoms with E-state index in [1.165, 1.54) is 36.4 Å². The summed E-state index contributed by atoms with van der Waals surface area (Å²) in [6, 6.07) is 23.0. The van der Waals surface area contributed by atoms with Gasteiger partial charge in [-0.05, 0) is 84.7 Å². The van der Waals surface area contributed by atoms with Crippen LogP contribution in [-0.4, -0.2) is 67.4 Å². The maximum Gasteiger partial charge on any atom is 0.295 e. The van der Waals surface area contributed by atoms with Crippen LogP contribution >= 0.6 is 0 Å². The Morgan fingerprint density at radius 2 is 1.19 bits per heavy atom. The number of rotatable bonds is 12. The maximum atomic E-state index is 12.6. The number of phenolic OH excluding ortho intramolecular Hbond substituents is 1. The van der Waals surface area contributed by atoms with Crippen molar-refractivity contribution >= 4 is 47.3 Å². The van der Waals surface area contributed by atoms with Gasteiger partial charge in [-0.1, -0.05) is 48.5 Å².